The molecule has 0 aliphatic carbocycles. The molecule has 3 nitrogen and oxygen atoms in total. The Balaban J connectivity index is 2.39. The van der Waals surface area contributed by atoms with Crippen molar-refractivity contribution in [1.29, 1.82) is 0 Å². The SMILES string of the molecule is CCC(C)C(=O)N1CC(N)(CC)C1. The molecule has 1 aliphatic heterocycles. The van der Waals surface area contributed by atoms with E-state index >= 15 is 0 Å². The Morgan fingerprint density at radius 3 is 2.46 bits per heavy atom. The maximum atomic E-state index is 11.6. The van der Waals surface area contributed by atoms with E-state index in [1.54, 1.807) is 0 Å². The van der Waals surface area contributed by atoms with Crippen molar-refractivity contribution in [3.05, 3.63) is 0 Å². The molecule has 0 bridgehead atoms. The van der Waals surface area contributed by atoms with Crippen molar-refractivity contribution in [3.8, 4) is 0 Å². The molecule has 1 heterocycles. The number of carbonyl (C=O) groups is 1. The number of likely N-dealkylation sites (tertiary alicyclic amines) is 1. The molecule has 1 fully saturated rings. The van der Waals surface area contributed by atoms with Crippen molar-refractivity contribution in [3.63, 3.8) is 0 Å². The summed E-state index contributed by atoms with van der Waals surface area (Å²) in [5.74, 6) is 0.415. The number of nitrogens with two attached hydrogens (primary N) is 1. The van der Waals surface area contributed by atoms with E-state index in [4.69, 9.17) is 5.73 Å². The first-order valence-electron chi connectivity index (χ1n) is 5.10. The predicted octanol–water partition coefficient (Wildman–Crippen LogP) is 0.982. The normalized spacial score (nSPS) is 22.3. The lowest BCUT2D eigenvalue weighted by Crippen LogP contribution is -2.68. The van der Waals surface area contributed by atoms with E-state index in [0.717, 1.165) is 25.9 Å². The van der Waals surface area contributed by atoms with Crippen LogP contribution in [0.1, 0.15) is 33.6 Å². The van der Waals surface area contributed by atoms with Gasteiger partial charge in [-0.05, 0) is 12.8 Å². The first-order valence-corrected chi connectivity index (χ1v) is 5.10. The Bertz CT molecular complexity index is 197. The monoisotopic (exact) mass is 184 g/mol. The lowest BCUT2D eigenvalue weighted by molar-refractivity contribution is -0.142. The van der Waals surface area contributed by atoms with Gasteiger partial charge in [-0.2, -0.15) is 0 Å². The average Bonchev–Trinajstić information content (AvgIpc) is 2.10. The first-order chi connectivity index (χ1) is 6.02. The Morgan fingerprint density at radius 2 is 2.08 bits per heavy atom. The number of carbonyl (C=O) groups excluding carboxylic acids is 1. The minimum atomic E-state index is -0.0941. The first kappa shape index (κ1) is 10.5. The summed E-state index contributed by atoms with van der Waals surface area (Å²) in [5, 5.41) is 0. The molecule has 3 heteroatoms. The highest BCUT2D eigenvalue weighted by molar-refractivity contribution is 5.79. The third kappa shape index (κ3) is 2.02. The fourth-order valence-electron chi connectivity index (χ4n) is 1.58. The van der Waals surface area contributed by atoms with Crippen molar-refractivity contribution in [2.24, 2.45) is 11.7 Å². The fraction of sp³-hybridized carbons (Fsp3) is 0.900. The molecular formula is C10H20N2O. The summed E-state index contributed by atoms with van der Waals surface area (Å²) in [5.41, 5.74) is 5.88. The van der Waals surface area contributed by atoms with Crippen LogP contribution >= 0.6 is 0 Å². The molecule has 76 valence electrons. The summed E-state index contributed by atoms with van der Waals surface area (Å²) in [4.78, 5) is 13.5. The van der Waals surface area contributed by atoms with Crippen molar-refractivity contribution in [2.45, 2.75) is 39.2 Å². The third-order valence-corrected chi connectivity index (χ3v) is 3.06. The summed E-state index contributed by atoms with van der Waals surface area (Å²) in [7, 11) is 0. The quantitative estimate of drug-likeness (QED) is 0.710. The van der Waals surface area contributed by atoms with Gasteiger partial charge in [0.2, 0.25) is 5.91 Å². The van der Waals surface area contributed by atoms with Crippen LogP contribution in [0.2, 0.25) is 0 Å². The van der Waals surface area contributed by atoms with Crippen LogP contribution in [-0.2, 0) is 4.79 Å². The highest BCUT2D eigenvalue weighted by atomic mass is 16.2. The molecule has 1 saturated heterocycles. The zero-order valence-corrected chi connectivity index (χ0v) is 8.84. The standard InChI is InChI=1S/C10H20N2O/c1-4-8(3)9(13)12-6-10(11,5-2)7-12/h8H,4-7,11H2,1-3H3. The molecule has 0 aromatic heterocycles. The maximum absolute atomic E-state index is 11.6. The number of amides is 1. The van der Waals surface area contributed by atoms with E-state index in [1.807, 2.05) is 18.7 Å². The molecule has 1 aliphatic rings. The van der Waals surface area contributed by atoms with Crippen LogP contribution in [0, 0.1) is 5.92 Å². The van der Waals surface area contributed by atoms with Crippen LogP contribution in [-0.4, -0.2) is 29.4 Å². The van der Waals surface area contributed by atoms with Crippen LogP contribution in [0.15, 0.2) is 0 Å². The molecule has 1 unspecified atom stereocenters. The maximum Gasteiger partial charge on any atom is 0.225 e. The topological polar surface area (TPSA) is 46.3 Å². The van der Waals surface area contributed by atoms with Gasteiger partial charge in [-0.25, -0.2) is 0 Å². The van der Waals surface area contributed by atoms with Gasteiger partial charge < -0.3 is 10.6 Å². The second-order valence-corrected chi connectivity index (χ2v) is 4.22. The highest BCUT2D eigenvalue weighted by Crippen LogP contribution is 2.23. The number of hydrogen-bond donors (Lipinski definition) is 1. The highest BCUT2D eigenvalue weighted by Gasteiger charge is 2.41. The molecule has 0 saturated carbocycles. The van der Waals surface area contributed by atoms with Crippen LogP contribution < -0.4 is 5.73 Å². The zero-order chi connectivity index (χ0) is 10.1. The zero-order valence-electron chi connectivity index (χ0n) is 8.84. The second-order valence-electron chi connectivity index (χ2n) is 4.22. The van der Waals surface area contributed by atoms with Gasteiger partial charge in [0.25, 0.3) is 0 Å². The molecule has 0 radical (unpaired) electrons. The number of rotatable bonds is 3. The molecule has 2 N–H and O–H groups in total. The van der Waals surface area contributed by atoms with E-state index in [9.17, 15) is 4.79 Å². The van der Waals surface area contributed by atoms with Crippen molar-refractivity contribution >= 4 is 5.91 Å². The van der Waals surface area contributed by atoms with Gasteiger partial charge in [0.05, 0.1) is 5.54 Å². The van der Waals surface area contributed by atoms with Gasteiger partial charge in [0.15, 0.2) is 0 Å². The Kier molecular flexibility index (Phi) is 2.96. The average molecular weight is 184 g/mol. The van der Waals surface area contributed by atoms with Gasteiger partial charge in [0.1, 0.15) is 0 Å². The largest absolute Gasteiger partial charge is 0.339 e. The van der Waals surface area contributed by atoms with Crippen molar-refractivity contribution in [2.75, 3.05) is 13.1 Å². The second kappa shape index (κ2) is 3.66. The van der Waals surface area contributed by atoms with Gasteiger partial charge in [-0.3, -0.25) is 4.79 Å². The molecule has 13 heavy (non-hydrogen) atoms. The summed E-state index contributed by atoms with van der Waals surface area (Å²) in [6.07, 6.45) is 1.87. The van der Waals surface area contributed by atoms with Crippen LogP contribution in [0.4, 0.5) is 0 Å². The summed E-state index contributed by atoms with van der Waals surface area (Å²) < 4.78 is 0. The summed E-state index contributed by atoms with van der Waals surface area (Å²) in [6, 6.07) is 0. The third-order valence-electron chi connectivity index (χ3n) is 3.06. The number of nitrogens with zero attached hydrogens (tertiary/aromatic N) is 1. The number of hydrogen-bond acceptors (Lipinski definition) is 2. The van der Waals surface area contributed by atoms with Gasteiger partial charge >= 0.3 is 0 Å². The molecule has 0 aromatic carbocycles. The molecule has 1 rings (SSSR count). The van der Waals surface area contributed by atoms with E-state index < -0.39 is 0 Å². The van der Waals surface area contributed by atoms with Crippen molar-refractivity contribution in [1.82, 2.24) is 4.90 Å². The van der Waals surface area contributed by atoms with Gasteiger partial charge in [-0.1, -0.05) is 20.8 Å². The van der Waals surface area contributed by atoms with Crippen LogP contribution in [0.5, 0.6) is 0 Å². The van der Waals surface area contributed by atoms with Gasteiger partial charge in [-0.15, -0.1) is 0 Å². The Labute approximate surface area is 80.3 Å². The molecule has 0 aromatic rings. The minimum absolute atomic E-state index is 0.0941. The summed E-state index contributed by atoms with van der Waals surface area (Å²) >= 11 is 0. The predicted molar refractivity (Wildman–Crippen MR) is 53.2 cm³/mol. The van der Waals surface area contributed by atoms with Crippen LogP contribution in [0.3, 0.4) is 0 Å². The fourth-order valence-corrected chi connectivity index (χ4v) is 1.58. The molecule has 1 amide bonds. The molecule has 0 spiro atoms. The van der Waals surface area contributed by atoms with E-state index in [-0.39, 0.29) is 17.4 Å². The van der Waals surface area contributed by atoms with E-state index in [1.165, 1.54) is 0 Å². The van der Waals surface area contributed by atoms with E-state index in [0.29, 0.717) is 0 Å². The van der Waals surface area contributed by atoms with E-state index in [2.05, 4.69) is 6.92 Å². The smallest absolute Gasteiger partial charge is 0.225 e. The molecular weight excluding hydrogens is 164 g/mol. The lowest BCUT2D eigenvalue weighted by Gasteiger charge is -2.48. The molecule has 1 atom stereocenters. The Hall–Kier alpha value is -0.570. The summed E-state index contributed by atoms with van der Waals surface area (Å²) in [6.45, 7) is 7.58. The van der Waals surface area contributed by atoms with Gasteiger partial charge in [0, 0.05) is 19.0 Å². The van der Waals surface area contributed by atoms with Crippen LogP contribution in [0.25, 0.3) is 0 Å². The minimum Gasteiger partial charge on any atom is -0.339 e. The van der Waals surface area contributed by atoms with Crippen molar-refractivity contribution < 1.29 is 4.79 Å². The lowest BCUT2D eigenvalue weighted by atomic mass is 9.87. The Morgan fingerprint density at radius 1 is 1.54 bits per heavy atom.